The number of hydrogen-bond donors (Lipinski definition) is 0. The third-order valence-electron chi connectivity index (χ3n) is 9.94. The van der Waals surface area contributed by atoms with Gasteiger partial charge in [0.2, 0.25) is 0 Å². The van der Waals surface area contributed by atoms with E-state index >= 15 is 0 Å². The quantitative estimate of drug-likeness (QED) is 0.198. The van der Waals surface area contributed by atoms with Crippen LogP contribution in [0.4, 0.5) is 17.1 Å². The van der Waals surface area contributed by atoms with Gasteiger partial charge in [-0.25, -0.2) is 0 Å². The molecule has 5 aromatic carbocycles. The number of allylic oxidation sites excluding steroid dienone is 3. The van der Waals surface area contributed by atoms with E-state index in [1.165, 1.54) is 59.6 Å². The summed E-state index contributed by atoms with van der Waals surface area (Å²) in [5.74, 6) is 1.23. The highest BCUT2D eigenvalue weighted by atomic mass is 32.1. The number of hydrogen-bond acceptors (Lipinski definition) is 4. The van der Waals surface area contributed by atoms with E-state index in [4.69, 9.17) is 4.74 Å². The van der Waals surface area contributed by atoms with Crippen molar-refractivity contribution in [2.75, 3.05) is 9.80 Å². The number of benzene rings is 5. The molecule has 0 radical (unpaired) electrons. The zero-order valence-electron chi connectivity index (χ0n) is 25.0. The molecule has 46 heavy (non-hydrogen) atoms. The lowest BCUT2D eigenvalue weighted by molar-refractivity contribution is 0.257. The van der Waals surface area contributed by atoms with Gasteiger partial charge >= 0.3 is 0 Å². The number of thiophene rings is 1. The molecule has 4 heteroatoms. The maximum Gasteiger partial charge on any atom is 0.149 e. The Labute approximate surface area is 272 Å². The van der Waals surface area contributed by atoms with Crippen molar-refractivity contribution in [1.82, 2.24) is 0 Å². The first-order valence-corrected chi connectivity index (χ1v) is 16.8. The molecule has 4 unspecified atom stereocenters. The van der Waals surface area contributed by atoms with E-state index in [1.54, 1.807) is 0 Å². The van der Waals surface area contributed by atoms with Crippen molar-refractivity contribution in [3.05, 3.63) is 175 Å². The minimum absolute atomic E-state index is 0.0374. The Morgan fingerprint density at radius 1 is 0.717 bits per heavy atom. The molecule has 0 saturated heterocycles. The Morgan fingerprint density at radius 3 is 2.48 bits per heavy atom. The van der Waals surface area contributed by atoms with Gasteiger partial charge in [0, 0.05) is 49.6 Å². The molecule has 0 amide bonds. The Bertz CT molecular complexity index is 2290. The molecule has 3 heterocycles. The van der Waals surface area contributed by atoms with Crippen molar-refractivity contribution in [2.24, 2.45) is 0 Å². The monoisotopic (exact) mass is 610 g/mol. The average molecular weight is 611 g/mol. The predicted octanol–water partition coefficient (Wildman–Crippen LogP) is 10.4. The number of nitrogens with zero attached hydrogens (tertiary/aromatic N) is 2. The van der Waals surface area contributed by atoms with E-state index < -0.39 is 0 Å². The van der Waals surface area contributed by atoms with Gasteiger partial charge in [-0.1, -0.05) is 109 Å². The minimum atomic E-state index is -0.120. The van der Waals surface area contributed by atoms with E-state index in [1.807, 2.05) is 11.3 Å². The molecule has 4 aliphatic rings. The van der Waals surface area contributed by atoms with Crippen LogP contribution in [0.25, 0.3) is 25.7 Å². The Balaban J connectivity index is 1.17. The van der Waals surface area contributed by atoms with Gasteiger partial charge in [-0.05, 0) is 54.1 Å². The van der Waals surface area contributed by atoms with Gasteiger partial charge < -0.3 is 14.5 Å². The van der Waals surface area contributed by atoms with Crippen LogP contribution < -0.4 is 14.5 Å². The van der Waals surface area contributed by atoms with Crippen LogP contribution in [-0.4, -0.2) is 18.2 Å². The Kier molecular flexibility index (Phi) is 5.70. The SMILES string of the molecule is C1=CC(N(C2=CC3C(C=C2)c2ccccc2N3c2ccccc2)c2cccc3c2sc2ccccc23)C2Oc3ccccc3C2=C1. The number of para-hydroxylation sites is 3. The molecule has 6 aromatic rings. The van der Waals surface area contributed by atoms with Gasteiger partial charge in [0.25, 0.3) is 0 Å². The Hall–Kier alpha value is -5.32. The highest BCUT2D eigenvalue weighted by Gasteiger charge is 2.43. The Morgan fingerprint density at radius 2 is 1.52 bits per heavy atom. The summed E-state index contributed by atoms with van der Waals surface area (Å²) in [6, 6.07) is 43.8. The molecule has 2 aliphatic heterocycles. The second-order valence-electron chi connectivity index (χ2n) is 12.4. The first-order valence-electron chi connectivity index (χ1n) is 16.0. The fraction of sp³-hybridized carbons (Fsp3) is 0.0952. The molecule has 0 spiro atoms. The lowest BCUT2D eigenvalue weighted by atomic mass is 9.88. The molecular formula is C42H30N2OS. The molecule has 0 saturated carbocycles. The third-order valence-corrected chi connectivity index (χ3v) is 11.2. The van der Waals surface area contributed by atoms with Crippen LogP contribution in [0.1, 0.15) is 17.0 Å². The van der Waals surface area contributed by atoms with Crippen LogP contribution in [0.3, 0.4) is 0 Å². The summed E-state index contributed by atoms with van der Waals surface area (Å²) in [7, 11) is 0. The predicted molar refractivity (Wildman–Crippen MR) is 192 cm³/mol. The van der Waals surface area contributed by atoms with Crippen molar-refractivity contribution >= 4 is 54.1 Å². The van der Waals surface area contributed by atoms with E-state index in [2.05, 4.69) is 168 Å². The smallest absolute Gasteiger partial charge is 0.149 e. The number of ether oxygens (including phenoxy) is 1. The fourth-order valence-electron chi connectivity index (χ4n) is 7.97. The van der Waals surface area contributed by atoms with Gasteiger partial charge in [-0.15, -0.1) is 11.3 Å². The van der Waals surface area contributed by atoms with Crippen LogP contribution >= 0.6 is 11.3 Å². The van der Waals surface area contributed by atoms with Crippen molar-refractivity contribution in [3.63, 3.8) is 0 Å². The van der Waals surface area contributed by atoms with Crippen LogP contribution in [0.15, 0.2) is 163 Å². The van der Waals surface area contributed by atoms with Crippen molar-refractivity contribution in [3.8, 4) is 5.75 Å². The third kappa shape index (κ3) is 3.77. The van der Waals surface area contributed by atoms with E-state index in [0.29, 0.717) is 0 Å². The largest absolute Gasteiger partial charge is 0.483 e. The summed E-state index contributed by atoms with van der Waals surface area (Å²) >= 11 is 1.88. The maximum absolute atomic E-state index is 6.80. The second-order valence-corrected chi connectivity index (χ2v) is 13.4. The molecule has 0 N–H and O–H groups in total. The highest BCUT2D eigenvalue weighted by molar-refractivity contribution is 7.26. The molecule has 4 atom stereocenters. The maximum atomic E-state index is 6.80. The molecule has 10 rings (SSSR count). The minimum Gasteiger partial charge on any atom is -0.483 e. The molecule has 0 bridgehead atoms. The molecular weight excluding hydrogens is 581 g/mol. The van der Waals surface area contributed by atoms with Crippen molar-refractivity contribution < 1.29 is 4.74 Å². The van der Waals surface area contributed by atoms with Crippen LogP contribution in [0.5, 0.6) is 5.75 Å². The number of fused-ring (bicyclic) bond motifs is 9. The topological polar surface area (TPSA) is 15.7 Å². The zero-order chi connectivity index (χ0) is 30.2. The van der Waals surface area contributed by atoms with Crippen molar-refractivity contribution in [1.29, 1.82) is 0 Å². The normalized spacial score (nSPS) is 22.1. The van der Waals surface area contributed by atoms with Gasteiger partial charge in [0.1, 0.15) is 11.9 Å². The average Bonchev–Trinajstić information content (AvgIpc) is 3.79. The summed E-state index contributed by atoms with van der Waals surface area (Å²) in [4.78, 5) is 5.07. The molecule has 2 aliphatic carbocycles. The summed E-state index contributed by atoms with van der Waals surface area (Å²) in [6.45, 7) is 0. The number of anilines is 3. The van der Waals surface area contributed by atoms with Crippen LogP contribution in [0.2, 0.25) is 0 Å². The lowest BCUT2D eigenvalue weighted by Gasteiger charge is -2.40. The second kappa shape index (κ2) is 10.1. The van der Waals surface area contributed by atoms with E-state index in [-0.39, 0.29) is 24.1 Å². The molecule has 1 aromatic heterocycles. The van der Waals surface area contributed by atoms with Crippen LogP contribution in [-0.2, 0) is 0 Å². The molecule has 220 valence electrons. The van der Waals surface area contributed by atoms with Crippen molar-refractivity contribution in [2.45, 2.75) is 24.1 Å². The van der Waals surface area contributed by atoms with Crippen LogP contribution in [0, 0.1) is 0 Å². The molecule has 3 nitrogen and oxygen atoms in total. The van der Waals surface area contributed by atoms with Gasteiger partial charge in [0.15, 0.2) is 0 Å². The van der Waals surface area contributed by atoms with E-state index in [9.17, 15) is 0 Å². The first kappa shape index (κ1) is 26.0. The zero-order valence-corrected chi connectivity index (χ0v) is 25.8. The van der Waals surface area contributed by atoms with E-state index in [0.717, 1.165) is 5.75 Å². The highest BCUT2D eigenvalue weighted by Crippen LogP contribution is 2.51. The fourth-order valence-corrected chi connectivity index (χ4v) is 9.19. The van der Waals surface area contributed by atoms with Gasteiger partial charge in [-0.3, -0.25) is 0 Å². The lowest BCUT2D eigenvalue weighted by Crippen LogP contribution is -2.45. The standard InChI is InChI=1S/C42H30N2OS/c1-2-12-27(13-3-1)43-35-19-7-4-14-29(35)30-25-24-28(26-38(30)43)44(36-20-10-17-33-31-15-5-8-22-39(31)45-41(33)36)37-21-11-18-34-32-16-6-9-23-40(32)46-42(34)37/h1-26,30,36,38,41H. The number of rotatable bonds is 4. The summed E-state index contributed by atoms with van der Waals surface area (Å²) in [5, 5.41) is 2.61. The van der Waals surface area contributed by atoms with Gasteiger partial charge in [0.05, 0.1) is 22.5 Å². The molecule has 0 fully saturated rings. The summed E-state index contributed by atoms with van der Waals surface area (Å²) < 4.78 is 9.41. The first-order chi connectivity index (χ1) is 22.8. The van der Waals surface area contributed by atoms with Gasteiger partial charge in [-0.2, -0.15) is 0 Å². The summed E-state index contributed by atoms with van der Waals surface area (Å²) in [5.41, 5.74) is 8.70. The summed E-state index contributed by atoms with van der Waals surface area (Å²) in [6.07, 6.45) is 13.9.